The van der Waals surface area contributed by atoms with E-state index in [1.54, 1.807) is 24.3 Å². The maximum atomic E-state index is 12.4. The van der Waals surface area contributed by atoms with Crippen LogP contribution in [0.1, 0.15) is 31.3 Å². The Morgan fingerprint density at radius 2 is 2.00 bits per heavy atom. The molecule has 0 aliphatic heterocycles. The van der Waals surface area contributed by atoms with Gasteiger partial charge in [-0.15, -0.1) is 0 Å². The molecule has 1 heterocycles. The number of hydrogen-bond donors (Lipinski definition) is 0. The zero-order valence-electron chi connectivity index (χ0n) is 11.5. The summed E-state index contributed by atoms with van der Waals surface area (Å²) in [5.41, 5.74) is 0.360. The average molecular weight is 281 g/mol. The quantitative estimate of drug-likeness (QED) is 0.786. The van der Waals surface area contributed by atoms with Crippen LogP contribution in [0.4, 0.5) is 0 Å². The van der Waals surface area contributed by atoms with Crippen LogP contribution < -0.4 is 0 Å². The summed E-state index contributed by atoms with van der Waals surface area (Å²) in [4.78, 5) is 12.4. The van der Waals surface area contributed by atoms with Crippen molar-refractivity contribution in [2.24, 2.45) is 5.41 Å². The van der Waals surface area contributed by atoms with Gasteiger partial charge in [0.2, 0.25) is 5.78 Å². The van der Waals surface area contributed by atoms with Gasteiger partial charge in [0, 0.05) is 17.5 Å². The van der Waals surface area contributed by atoms with E-state index in [0.29, 0.717) is 16.4 Å². The predicted molar refractivity (Wildman–Crippen MR) is 75.8 cm³/mol. The van der Waals surface area contributed by atoms with E-state index in [2.05, 4.69) is 0 Å². The molecule has 0 bridgehead atoms. The number of hydrogen-bond acceptors (Lipinski definition) is 3. The van der Waals surface area contributed by atoms with Crippen LogP contribution in [0.15, 0.2) is 28.7 Å². The van der Waals surface area contributed by atoms with E-state index >= 15 is 0 Å². The molecule has 0 fully saturated rings. The van der Waals surface area contributed by atoms with Gasteiger partial charge >= 0.3 is 0 Å². The summed E-state index contributed by atoms with van der Waals surface area (Å²) in [7, 11) is 1.54. The molecule has 2 aromatic rings. The van der Waals surface area contributed by atoms with Crippen molar-refractivity contribution in [1.82, 2.24) is 0 Å². The van der Waals surface area contributed by atoms with Crippen LogP contribution in [0.25, 0.3) is 11.0 Å². The van der Waals surface area contributed by atoms with Gasteiger partial charge in [0.1, 0.15) is 11.7 Å². The van der Waals surface area contributed by atoms with Crippen LogP contribution in [0.3, 0.4) is 0 Å². The summed E-state index contributed by atoms with van der Waals surface area (Å²) in [6, 6.07) is 6.98. The van der Waals surface area contributed by atoms with Gasteiger partial charge in [-0.05, 0) is 29.7 Å². The smallest absolute Gasteiger partial charge is 0.227 e. The second-order valence-electron chi connectivity index (χ2n) is 5.64. The molecule has 0 radical (unpaired) electrons. The molecule has 102 valence electrons. The van der Waals surface area contributed by atoms with E-state index in [4.69, 9.17) is 20.8 Å². The average Bonchev–Trinajstić information content (AvgIpc) is 2.70. The number of ketones is 1. The summed E-state index contributed by atoms with van der Waals surface area (Å²) in [6.45, 7) is 5.87. The first-order valence-corrected chi connectivity index (χ1v) is 6.47. The highest BCUT2D eigenvalue weighted by atomic mass is 35.5. The minimum absolute atomic E-state index is 0.151. The summed E-state index contributed by atoms with van der Waals surface area (Å²) in [5, 5.41) is 1.44. The fourth-order valence-corrected chi connectivity index (χ4v) is 2.30. The van der Waals surface area contributed by atoms with Crippen LogP contribution >= 0.6 is 11.6 Å². The molecule has 0 saturated heterocycles. The molecule has 19 heavy (non-hydrogen) atoms. The zero-order chi connectivity index (χ0) is 14.2. The van der Waals surface area contributed by atoms with Gasteiger partial charge in [0.25, 0.3) is 0 Å². The third-order valence-corrected chi connectivity index (χ3v) is 3.22. The van der Waals surface area contributed by atoms with E-state index in [9.17, 15) is 4.79 Å². The molecule has 0 spiro atoms. The SMILES string of the molecule is COC(C(=O)c1cc2cc(Cl)ccc2o1)C(C)(C)C. The minimum atomic E-state index is -0.538. The van der Waals surface area contributed by atoms with Gasteiger partial charge in [-0.1, -0.05) is 32.4 Å². The maximum Gasteiger partial charge on any atom is 0.227 e. The number of halogens is 1. The van der Waals surface area contributed by atoms with Crippen molar-refractivity contribution >= 4 is 28.4 Å². The zero-order valence-corrected chi connectivity index (χ0v) is 12.2. The second kappa shape index (κ2) is 4.99. The van der Waals surface area contributed by atoms with Crippen LogP contribution in [-0.2, 0) is 4.74 Å². The molecule has 0 amide bonds. The molecule has 1 atom stereocenters. The molecule has 4 heteroatoms. The molecular formula is C15H17ClO3. The normalized spacial score (nSPS) is 13.7. The Morgan fingerprint density at radius 1 is 1.32 bits per heavy atom. The van der Waals surface area contributed by atoms with Crippen molar-refractivity contribution in [3.05, 3.63) is 35.0 Å². The lowest BCUT2D eigenvalue weighted by molar-refractivity contribution is 0.0176. The van der Waals surface area contributed by atoms with Crippen LogP contribution in [-0.4, -0.2) is 19.0 Å². The van der Waals surface area contributed by atoms with E-state index in [-0.39, 0.29) is 11.2 Å². The third kappa shape index (κ3) is 2.82. The van der Waals surface area contributed by atoms with E-state index < -0.39 is 6.10 Å². The van der Waals surface area contributed by atoms with Crippen LogP contribution in [0, 0.1) is 5.41 Å². The first-order valence-electron chi connectivity index (χ1n) is 6.09. The van der Waals surface area contributed by atoms with Crippen LogP contribution in [0.5, 0.6) is 0 Å². The molecule has 0 aliphatic carbocycles. The standard InChI is InChI=1S/C15H17ClO3/c1-15(2,3)14(18-4)13(17)12-8-9-7-10(16)5-6-11(9)19-12/h5-8,14H,1-4H3. The molecule has 2 rings (SSSR count). The maximum absolute atomic E-state index is 12.4. The molecule has 1 unspecified atom stereocenters. The number of carbonyl (C=O) groups is 1. The molecule has 0 saturated carbocycles. The third-order valence-electron chi connectivity index (χ3n) is 2.98. The lowest BCUT2D eigenvalue weighted by Crippen LogP contribution is -2.36. The largest absolute Gasteiger partial charge is 0.453 e. The Hall–Kier alpha value is -1.32. The summed E-state index contributed by atoms with van der Waals surface area (Å²) < 4.78 is 10.9. The number of rotatable bonds is 3. The Morgan fingerprint density at radius 3 is 2.58 bits per heavy atom. The summed E-state index contributed by atoms with van der Waals surface area (Å²) in [6.07, 6.45) is -0.538. The number of fused-ring (bicyclic) bond motifs is 1. The monoisotopic (exact) mass is 280 g/mol. The van der Waals surface area contributed by atoms with Gasteiger partial charge in [0.05, 0.1) is 0 Å². The Labute approximate surface area is 117 Å². The topological polar surface area (TPSA) is 39.4 Å². The fourth-order valence-electron chi connectivity index (χ4n) is 2.12. The molecule has 0 N–H and O–H groups in total. The molecule has 0 aliphatic rings. The van der Waals surface area contributed by atoms with Crippen molar-refractivity contribution in [3.8, 4) is 0 Å². The summed E-state index contributed by atoms with van der Waals surface area (Å²) >= 11 is 5.92. The highest BCUT2D eigenvalue weighted by Crippen LogP contribution is 2.28. The molecule has 1 aromatic carbocycles. The van der Waals surface area contributed by atoms with E-state index in [1.807, 2.05) is 20.8 Å². The van der Waals surface area contributed by atoms with Crippen molar-refractivity contribution in [2.45, 2.75) is 26.9 Å². The highest BCUT2D eigenvalue weighted by Gasteiger charge is 2.33. The van der Waals surface area contributed by atoms with E-state index in [0.717, 1.165) is 5.39 Å². The highest BCUT2D eigenvalue weighted by molar-refractivity contribution is 6.31. The van der Waals surface area contributed by atoms with E-state index in [1.165, 1.54) is 7.11 Å². The van der Waals surface area contributed by atoms with Gasteiger partial charge < -0.3 is 9.15 Å². The Bertz CT molecular complexity index is 607. The number of methoxy groups -OCH3 is 1. The number of benzene rings is 1. The van der Waals surface area contributed by atoms with Crippen molar-refractivity contribution in [2.75, 3.05) is 7.11 Å². The lowest BCUT2D eigenvalue weighted by atomic mass is 9.86. The summed E-state index contributed by atoms with van der Waals surface area (Å²) in [5.74, 6) is 0.154. The predicted octanol–water partition coefficient (Wildman–Crippen LogP) is 4.33. The number of ether oxygens (including phenoxy) is 1. The Kier molecular flexibility index (Phi) is 3.70. The van der Waals surface area contributed by atoms with Crippen molar-refractivity contribution in [3.63, 3.8) is 0 Å². The first-order chi connectivity index (χ1) is 8.82. The number of Topliss-reactive ketones (excluding diaryl/α,β-unsaturated/α-hetero) is 1. The number of carbonyl (C=O) groups excluding carboxylic acids is 1. The van der Waals surface area contributed by atoms with Gasteiger partial charge in [-0.25, -0.2) is 0 Å². The fraction of sp³-hybridized carbons (Fsp3) is 0.400. The van der Waals surface area contributed by atoms with Gasteiger partial charge in [-0.3, -0.25) is 4.79 Å². The first kappa shape index (κ1) is 14.1. The Balaban J connectivity index is 2.41. The van der Waals surface area contributed by atoms with Crippen molar-refractivity contribution < 1.29 is 13.9 Å². The van der Waals surface area contributed by atoms with Gasteiger partial charge in [0.15, 0.2) is 5.76 Å². The van der Waals surface area contributed by atoms with Crippen LogP contribution in [0.2, 0.25) is 5.02 Å². The molecular weight excluding hydrogens is 264 g/mol. The molecule has 1 aromatic heterocycles. The number of furan rings is 1. The lowest BCUT2D eigenvalue weighted by Gasteiger charge is -2.27. The van der Waals surface area contributed by atoms with Gasteiger partial charge in [-0.2, -0.15) is 0 Å². The minimum Gasteiger partial charge on any atom is -0.453 e. The second-order valence-corrected chi connectivity index (χ2v) is 6.08. The molecule has 3 nitrogen and oxygen atoms in total. The van der Waals surface area contributed by atoms with Crippen molar-refractivity contribution in [1.29, 1.82) is 0 Å².